The van der Waals surface area contributed by atoms with Gasteiger partial charge in [0.2, 0.25) is 0 Å². The van der Waals surface area contributed by atoms with Gasteiger partial charge in [-0.2, -0.15) is 0 Å². The van der Waals surface area contributed by atoms with E-state index in [0.717, 1.165) is 0 Å². The first-order valence-electron chi connectivity index (χ1n) is 9.88. The van der Waals surface area contributed by atoms with Crippen LogP contribution in [0.5, 0.6) is 0 Å². The molecule has 0 atom stereocenters. The fourth-order valence-corrected chi connectivity index (χ4v) is 3.93. The lowest BCUT2D eigenvalue weighted by molar-refractivity contribution is 1.39. The van der Waals surface area contributed by atoms with E-state index in [1.807, 2.05) is 0 Å². The Labute approximate surface area is 168 Å². The highest BCUT2D eigenvalue weighted by Crippen LogP contribution is 2.34. The van der Waals surface area contributed by atoms with Gasteiger partial charge in [-0.25, -0.2) is 0 Å². The van der Waals surface area contributed by atoms with Crippen LogP contribution in [0, 0.1) is 27.7 Å². The second kappa shape index (κ2) is 7.48. The van der Waals surface area contributed by atoms with Crippen LogP contribution in [0.25, 0.3) is 33.4 Å². The highest BCUT2D eigenvalue weighted by molar-refractivity contribution is 5.81. The first-order chi connectivity index (χ1) is 13.5. The van der Waals surface area contributed by atoms with Crippen molar-refractivity contribution in [1.29, 1.82) is 0 Å². The summed E-state index contributed by atoms with van der Waals surface area (Å²) in [4.78, 5) is 0. The minimum Gasteiger partial charge on any atom is -0.0620 e. The van der Waals surface area contributed by atoms with E-state index >= 15 is 0 Å². The zero-order valence-corrected chi connectivity index (χ0v) is 17.1. The van der Waals surface area contributed by atoms with Crippen LogP contribution in [0.4, 0.5) is 0 Å². The van der Waals surface area contributed by atoms with Gasteiger partial charge in [-0.3, -0.25) is 0 Å². The Kier molecular flexibility index (Phi) is 4.88. The summed E-state index contributed by atoms with van der Waals surface area (Å²) in [6.07, 6.45) is 0. The molecule has 0 N–H and O–H groups in total. The van der Waals surface area contributed by atoms with Crippen LogP contribution in [0.1, 0.15) is 22.3 Å². The van der Waals surface area contributed by atoms with Crippen molar-refractivity contribution in [2.45, 2.75) is 27.7 Å². The minimum absolute atomic E-state index is 1.26. The van der Waals surface area contributed by atoms with Crippen LogP contribution in [0.3, 0.4) is 0 Å². The largest absolute Gasteiger partial charge is 0.0620 e. The molecule has 0 amide bonds. The van der Waals surface area contributed by atoms with Crippen LogP contribution in [-0.4, -0.2) is 0 Å². The van der Waals surface area contributed by atoms with E-state index in [1.165, 1.54) is 55.6 Å². The fourth-order valence-electron chi connectivity index (χ4n) is 3.93. The third-order valence-corrected chi connectivity index (χ3v) is 5.68. The first-order valence-corrected chi connectivity index (χ1v) is 9.88. The van der Waals surface area contributed by atoms with Gasteiger partial charge in [-0.05, 0) is 95.5 Å². The number of aryl methyl sites for hydroxylation is 4. The van der Waals surface area contributed by atoms with E-state index in [4.69, 9.17) is 0 Å². The Hall–Kier alpha value is -3.12. The normalized spacial score (nSPS) is 10.9. The molecule has 0 bridgehead atoms. The van der Waals surface area contributed by atoms with Crippen LogP contribution in [0.15, 0.2) is 84.9 Å². The van der Waals surface area contributed by atoms with E-state index in [0.29, 0.717) is 0 Å². The van der Waals surface area contributed by atoms with Gasteiger partial charge in [0.1, 0.15) is 0 Å². The molecule has 0 aliphatic carbocycles. The first kappa shape index (κ1) is 18.3. The van der Waals surface area contributed by atoms with Gasteiger partial charge in [0.05, 0.1) is 0 Å². The lowest BCUT2D eigenvalue weighted by Gasteiger charge is -2.14. The lowest BCUT2D eigenvalue weighted by atomic mass is 9.90. The summed E-state index contributed by atoms with van der Waals surface area (Å²) >= 11 is 0. The topological polar surface area (TPSA) is 0 Å². The second-order valence-corrected chi connectivity index (χ2v) is 7.69. The molecule has 28 heavy (non-hydrogen) atoms. The maximum atomic E-state index is 2.34. The summed E-state index contributed by atoms with van der Waals surface area (Å²) in [5.74, 6) is 0. The zero-order valence-electron chi connectivity index (χ0n) is 17.1. The van der Waals surface area contributed by atoms with E-state index in [1.54, 1.807) is 0 Å². The predicted octanol–water partition coefficient (Wildman–Crippen LogP) is 7.92. The highest BCUT2D eigenvalue weighted by atomic mass is 14.1. The predicted molar refractivity (Wildman–Crippen MR) is 122 cm³/mol. The molecule has 4 aromatic rings. The molecule has 0 aromatic heterocycles. The standard InChI is InChI=1S/C28H26/c1-19-9-5-7-11-25(19)27-17-23(15-13-21(27)3)24-16-14-22(4)28(18-24)26-12-8-6-10-20(26)2/h5-18H,1-4H3. The van der Waals surface area contributed by atoms with Gasteiger partial charge in [0.15, 0.2) is 0 Å². The molecule has 0 aliphatic heterocycles. The van der Waals surface area contributed by atoms with Crippen LogP contribution in [-0.2, 0) is 0 Å². The van der Waals surface area contributed by atoms with Crippen molar-refractivity contribution >= 4 is 0 Å². The average Bonchev–Trinajstić information content (AvgIpc) is 2.70. The summed E-state index contributed by atoms with van der Waals surface area (Å²) in [5, 5.41) is 0. The van der Waals surface area contributed by atoms with Crippen LogP contribution < -0.4 is 0 Å². The van der Waals surface area contributed by atoms with Crippen LogP contribution >= 0.6 is 0 Å². The van der Waals surface area contributed by atoms with Gasteiger partial charge in [-0.15, -0.1) is 0 Å². The molecule has 0 radical (unpaired) electrons. The zero-order chi connectivity index (χ0) is 19.7. The Morgan fingerprint density at radius 3 is 1.11 bits per heavy atom. The third kappa shape index (κ3) is 3.39. The summed E-state index contributed by atoms with van der Waals surface area (Å²) in [7, 11) is 0. The maximum Gasteiger partial charge on any atom is -0.0146 e. The van der Waals surface area contributed by atoms with Gasteiger partial charge >= 0.3 is 0 Å². The monoisotopic (exact) mass is 362 g/mol. The molecular weight excluding hydrogens is 336 g/mol. The molecule has 0 aliphatic rings. The highest BCUT2D eigenvalue weighted by Gasteiger charge is 2.10. The third-order valence-electron chi connectivity index (χ3n) is 5.68. The van der Waals surface area contributed by atoms with Crippen molar-refractivity contribution in [2.75, 3.05) is 0 Å². The quantitative estimate of drug-likeness (QED) is 0.347. The van der Waals surface area contributed by atoms with Crippen molar-refractivity contribution in [1.82, 2.24) is 0 Å². The molecule has 0 saturated carbocycles. The lowest BCUT2D eigenvalue weighted by Crippen LogP contribution is -1.91. The summed E-state index contributed by atoms with van der Waals surface area (Å²) in [6.45, 7) is 8.76. The molecule has 0 spiro atoms. The fraction of sp³-hybridized carbons (Fsp3) is 0.143. The molecule has 4 aromatic carbocycles. The molecule has 0 nitrogen and oxygen atoms in total. The Balaban J connectivity index is 1.85. The van der Waals surface area contributed by atoms with E-state index in [-0.39, 0.29) is 0 Å². The summed E-state index contributed by atoms with van der Waals surface area (Å²) in [5.41, 5.74) is 13.0. The van der Waals surface area contributed by atoms with Crippen LogP contribution in [0.2, 0.25) is 0 Å². The van der Waals surface area contributed by atoms with E-state index < -0.39 is 0 Å². The van der Waals surface area contributed by atoms with Crippen molar-refractivity contribution in [3.8, 4) is 33.4 Å². The molecule has 138 valence electrons. The molecule has 0 heteroatoms. The minimum atomic E-state index is 1.26. The molecular formula is C28H26. The Morgan fingerprint density at radius 2 is 0.714 bits per heavy atom. The van der Waals surface area contributed by atoms with Gasteiger partial charge in [0, 0.05) is 0 Å². The molecule has 0 fully saturated rings. The van der Waals surface area contributed by atoms with Gasteiger partial charge in [0.25, 0.3) is 0 Å². The SMILES string of the molecule is Cc1ccccc1-c1cc(-c2ccc(C)c(-c3ccccc3C)c2)ccc1C. The average molecular weight is 363 g/mol. The molecule has 0 heterocycles. The van der Waals surface area contributed by atoms with Crippen molar-refractivity contribution in [3.63, 3.8) is 0 Å². The van der Waals surface area contributed by atoms with Crippen molar-refractivity contribution < 1.29 is 0 Å². The molecule has 4 rings (SSSR count). The van der Waals surface area contributed by atoms with Crippen molar-refractivity contribution in [2.24, 2.45) is 0 Å². The van der Waals surface area contributed by atoms with E-state index in [2.05, 4.69) is 113 Å². The Morgan fingerprint density at radius 1 is 0.357 bits per heavy atom. The summed E-state index contributed by atoms with van der Waals surface area (Å²) in [6, 6.07) is 30.9. The Bertz CT molecular complexity index is 1060. The maximum absolute atomic E-state index is 2.34. The van der Waals surface area contributed by atoms with Gasteiger partial charge in [-0.1, -0.05) is 72.8 Å². The van der Waals surface area contributed by atoms with Crippen molar-refractivity contribution in [3.05, 3.63) is 107 Å². The van der Waals surface area contributed by atoms with E-state index in [9.17, 15) is 0 Å². The second-order valence-electron chi connectivity index (χ2n) is 7.69. The molecule has 0 saturated heterocycles. The number of benzene rings is 4. The van der Waals surface area contributed by atoms with Gasteiger partial charge < -0.3 is 0 Å². The number of hydrogen-bond acceptors (Lipinski definition) is 0. The number of rotatable bonds is 3. The smallest absolute Gasteiger partial charge is 0.0146 e. The number of hydrogen-bond donors (Lipinski definition) is 0. The summed E-state index contributed by atoms with van der Waals surface area (Å²) < 4.78 is 0. The molecule has 0 unspecified atom stereocenters.